The molecule has 1 aromatic carbocycles. The molecule has 0 saturated carbocycles. The quantitative estimate of drug-likeness (QED) is 0.792. The van der Waals surface area contributed by atoms with E-state index >= 15 is 0 Å². The Kier molecular flexibility index (Phi) is 3.08. The number of carbonyl (C=O) groups excluding carboxylic acids is 2. The van der Waals surface area contributed by atoms with Crippen LogP contribution in [0.1, 0.15) is 30.3 Å². The number of benzene rings is 1. The van der Waals surface area contributed by atoms with E-state index in [-0.39, 0.29) is 17.9 Å². The lowest BCUT2D eigenvalue weighted by Gasteiger charge is -2.24. The summed E-state index contributed by atoms with van der Waals surface area (Å²) >= 11 is 0. The van der Waals surface area contributed by atoms with E-state index in [1.165, 1.54) is 4.57 Å². The first-order valence-electron chi connectivity index (χ1n) is 6.81. The maximum absolute atomic E-state index is 12.8. The number of aryl methyl sites for hydroxylation is 2. The Morgan fingerprint density at radius 2 is 2.00 bits per heavy atom. The molecule has 2 amide bonds. The van der Waals surface area contributed by atoms with E-state index in [1.54, 1.807) is 13.0 Å². The van der Waals surface area contributed by atoms with Crippen molar-refractivity contribution in [3.05, 3.63) is 39.9 Å². The third-order valence-electron chi connectivity index (χ3n) is 3.84. The Bertz CT molecular complexity index is 823. The number of carbonyl (C=O) groups is 2. The zero-order valence-corrected chi connectivity index (χ0v) is 11.8. The summed E-state index contributed by atoms with van der Waals surface area (Å²) in [4.78, 5) is 40.4. The van der Waals surface area contributed by atoms with Gasteiger partial charge in [0, 0.05) is 6.42 Å². The predicted octanol–water partition coefficient (Wildman–Crippen LogP) is 0.991. The number of piperidine rings is 1. The van der Waals surface area contributed by atoms with Crippen molar-refractivity contribution >= 4 is 22.7 Å². The Labute approximate surface area is 120 Å². The van der Waals surface area contributed by atoms with E-state index < -0.39 is 11.9 Å². The molecule has 1 N–H and O–H groups in total. The summed E-state index contributed by atoms with van der Waals surface area (Å²) in [7, 11) is 0. The minimum absolute atomic E-state index is 0.230. The molecule has 1 fully saturated rings. The van der Waals surface area contributed by atoms with Crippen LogP contribution in [0.2, 0.25) is 0 Å². The smallest absolute Gasteiger partial charge is 0.262 e. The monoisotopic (exact) mass is 285 g/mol. The molecule has 1 aliphatic heterocycles. The molecular weight excluding hydrogens is 270 g/mol. The fraction of sp³-hybridized carbons (Fsp3) is 0.333. The van der Waals surface area contributed by atoms with Crippen LogP contribution >= 0.6 is 0 Å². The van der Waals surface area contributed by atoms with Gasteiger partial charge in [-0.2, -0.15) is 0 Å². The lowest BCUT2D eigenvalue weighted by molar-refractivity contribution is -0.135. The van der Waals surface area contributed by atoms with Crippen LogP contribution in [0, 0.1) is 13.8 Å². The van der Waals surface area contributed by atoms with Crippen molar-refractivity contribution in [3.63, 3.8) is 0 Å². The second kappa shape index (κ2) is 4.80. The third kappa shape index (κ3) is 2.12. The first-order valence-corrected chi connectivity index (χ1v) is 6.81. The number of nitrogens with zero attached hydrogens (tertiary/aromatic N) is 2. The fourth-order valence-electron chi connectivity index (χ4n) is 2.81. The van der Waals surface area contributed by atoms with Gasteiger partial charge in [-0.05, 0) is 31.9 Å². The molecule has 0 aliphatic carbocycles. The second-order valence-corrected chi connectivity index (χ2v) is 5.27. The normalized spacial score (nSPS) is 18.9. The number of hydrogen-bond acceptors (Lipinski definition) is 4. The Morgan fingerprint density at radius 3 is 2.71 bits per heavy atom. The van der Waals surface area contributed by atoms with Crippen LogP contribution in [-0.4, -0.2) is 21.4 Å². The number of rotatable bonds is 1. The van der Waals surface area contributed by atoms with Gasteiger partial charge in [-0.15, -0.1) is 0 Å². The van der Waals surface area contributed by atoms with Crippen molar-refractivity contribution in [1.82, 2.24) is 14.9 Å². The van der Waals surface area contributed by atoms with E-state index in [0.717, 1.165) is 5.56 Å². The Balaban J connectivity index is 2.24. The summed E-state index contributed by atoms with van der Waals surface area (Å²) in [5.74, 6) is -0.259. The summed E-state index contributed by atoms with van der Waals surface area (Å²) in [5, 5.41) is 2.80. The van der Waals surface area contributed by atoms with Crippen LogP contribution in [0.4, 0.5) is 0 Å². The van der Waals surface area contributed by atoms with Crippen LogP contribution < -0.4 is 10.9 Å². The summed E-state index contributed by atoms with van der Waals surface area (Å²) in [6.07, 6.45) is 0.554. The SMILES string of the molecule is Cc1cccc2nc(C)n(C3CCC(=O)NC3=O)c(=O)c12. The minimum atomic E-state index is -0.674. The maximum Gasteiger partial charge on any atom is 0.262 e. The van der Waals surface area contributed by atoms with E-state index in [0.29, 0.717) is 23.1 Å². The van der Waals surface area contributed by atoms with Crippen molar-refractivity contribution in [2.45, 2.75) is 32.7 Å². The molecule has 1 saturated heterocycles. The van der Waals surface area contributed by atoms with Gasteiger partial charge in [0.1, 0.15) is 11.9 Å². The van der Waals surface area contributed by atoms with E-state index in [2.05, 4.69) is 10.3 Å². The lowest BCUT2D eigenvalue weighted by Crippen LogP contribution is -2.45. The van der Waals surface area contributed by atoms with Gasteiger partial charge < -0.3 is 0 Å². The number of fused-ring (bicyclic) bond motifs is 1. The molecule has 1 aromatic heterocycles. The van der Waals surface area contributed by atoms with Gasteiger partial charge in [-0.1, -0.05) is 12.1 Å². The highest BCUT2D eigenvalue weighted by atomic mass is 16.2. The van der Waals surface area contributed by atoms with Gasteiger partial charge >= 0.3 is 0 Å². The molecule has 21 heavy (non-hydrogen) atoms. The zero-order chi connectivity index (χ0) is 15.1. The summed E-state index contributed by atoms with van der Waals surface area (Å²) < 4.78 is 1.40. The van der Waals surface area contributed by atoms with Crippen molar-refractivity contribution in [2.24, 2.45) is 0 Å². The van der Waals surface area contributed by atoms with Gasteiger partial charge in [0.2, 0.25) is 11.8 Å². The van der Waals surface area contributed by atoms with Crippen molar-refractivity contribution < 1.29 is 9.59 Å². The maximum atomic E-state index is 12.8. The van der Waals surface area contributed by atoms with Gasteiger partial charge in [0.15, 0.2) is 0 Å². The molecule has 6 nitrogen and oxygen atoms in total. The van der Waals surface area contributed by atoms with Crippen molar-refractivity contribution in [3.8, 4) is 0 Å². The molecule has 0 bridgehead atoms. The average molecular weight is 285 g/mol. The van der Waals surface area contributed by atoms with E-state index in [1.807, 2.05) is 19.1 Å². The van der Waals surface area contributed by atoms with Gasteiger partial charge in [0.05, 0.1) is 10.9 Å². The highest BCUT2D eigenvalue weighted by Crippen LogP contribution is 2.20. The van der Waals surface area contributed by atoms with Crippen LogP contribution in [-0.2, 0) is 9.59 Å². The highest BCUT2D eigenvalue weighted by molar-refractivity contribution is 5.99. The van der Waals surface area contributed by atoms with Crippen LogP contribution in [0.3, 0.4) is 0 Å². The van der Waals surface area contributed by atoms with Crippen LogP contribution in [0.15, 0.2) is 23.0 Å². The second-order valence-electron chi connectivity index (χ2n) is 5.27. The van der Waals surface area contributed by atoms with Gasteiger partial charge in [-0.3, -0.25) is 24.3 Å². The summed E-state index contributed by atoms with van der Waals surface area (Å²) in [6.45, 7) is 3.54. The largest absolute Gasteiger partial charge is 0.295 e. The molecule has 3 rings (SSSR count). The van der Waals surface area contributed by atoms with Crippen LogP contribution in [0.25, 0.3) is 10.9 Å². The number of nitrogens with one attached hydrogen (secondary N) is 1. The lowest BCUT2D eigenvalue weighted by atomic mass is 10.0. The van der Waals surface area contributed by atoms with Gasteiger partial charge in [-0.25, -0.2) is 4.98 Å². The third-order valence-corrected chi connectivity index (χ3v) is 3.84. The molecule has 2 aromatic rings. The van der Waals surface area contributed by atoms with E-state index in [9.17, 15) is 14.4 Å². The number of amides is 2. The first kappa shape index (κ1) is 13.5. The summed E-state index contributed by atoms with van der Waals surface area (Å²) in [5.41, 5.74) is 1.22. The molecule has 1 aliphatic rings. The number of hydrogen-bond donors (Lipinski definition) is 1. The highest BCUT2D eigenvalue weighted by Gasteiger charge is 2.30. The summed E-state index contributed by atoms with van der Waals surface area (Å²) in [6, 6.07) is 4.80. The average Bonchev–Trinajstić information content (AvgIpc) is 2.40. The molecule has 1 atom stereocenters. The Morgan fingerprint density at radius 1 is 1.24 bits per heavy atom. The molecule has 0 radical (unpaired) electrons. The van der Waals surface area contributed by atoms with Crippen LogP contribution in [0.5, 0.6) is 0 Å². The molecule has 1 unspecified atom stereocenters. The van der Waals surface area contributed by atoms with Gasteiger partial charge in [0.25, 0.3) is 5.56 Å². The van der Waals surface area contributed by atoms with E-state index in [4.69, 9.17) is 0 Å². The van der Waals surface area contributed by atoms with Crippen molar-refractivity contribution in [1.29, 1.82) is 0 Å². The molecule has 2 heterocycles. The predicted molar refractivity (Wildman–Crippen MR) is 76.9 cm³/mol. The zero-order valence-electron chi connectivity index (χ0n) is 11.8. The number of aromatic nitrogens is 2. The molecule has 6 heteroatoms. The topological polar surface area (TPSA) is 81.1 Å². The fourth-order valence-corrected chi connectivity index (χ4v) is 2.81. The first-order chi connectivity index (χ1) is 9.99. The minimum Gasteiger partial charge on any atom is -0.295 e. The molecule has 108 valence electrons. The van der Waals surface area contributed by atoms with Crippen molar-refractivity contribution in [2.75, 3.05) is 0 Å². The standard InChI is InChI=1S/C15H15N3O3/c1-8-4-3-5-10-13(8)15(21)18(9(2)16-10)11-6-7-12(19)17-14(11)20/h3-5,11H,6-7H2,1-2H3,(H,17,19,20). The molecular formula is C15H15N3O3. The number of imide groups is 1. The Hall–Kier alpha value is -2.50. The molecule has 0 spiro atoms.